The van der Waals surface area contributed by atoms with Gasteiger partial charge in [-0.25, -0.2) is 20.4 Å². The lowest BCUT2D eigenvalue weighted by atomic mass is 10.2. The van der Waals surface area contributed by atoms with Crippen molar-refractivity contribution in [1.29, 1.82) is 0 Å². The van der Waals surface area contributed by atoms with Gasteiger partial charge in [0.2, 0.25) is 0 Å². The molecule has 12 heteroatoms. The number of aromatic nitrogens is 6. The van der Waals surface area contributed by atoms with E-state index >= 15 is 0 Å². The molecular formula is C24H27N9O3. The number of nitrogens with one attached hydrogen (secondary N) is 3. The summed E-state index contributed by atoms with van der Waals surface area (Å²) in [5.41, 5.74) is 9.71. The van der Waals surface area contributed by atoms with E-state index in [2.05, 4.69) is 31.1 Å². The Labute approximate surface area is 207 Å². The molecule has 1 fully saturated rings. The van der Waals surface area contributed by atoms with Crippen LogP contribution in [0, 0.1) is 13.8 Å². The lowest BCUT2D eigenvalue weighted by molar-refractivity contribution is -0.135. The summed E-state index contributed by atoms with van der Waals surface area (Å²) in [5, 5.41) is 14.1. The normalized spacial score (nSPS) is 19.5. The molecule has 5 heterocycles. The Hall–Kier alpha value is -4.00. The number of pyridine rings is 2. The van der Waals surface area contributed by atoms with Gasteiger partial charge in [-0.15, -0.1) is 0 Å². The first-order chi connectivity index (χ1) is 17.4. The second-order valence-corrected chi connectivity index (χ2v) is 8.71. The second kappa shape index (κ2) is 9.93. The molecule has 12 nitrogen and oxygen atoms in total. The Morgan fingerprint density at radius 3 is 2.83 bits per heavy atom. The first-order valence-electron chi connectivity index (χ1n) is 11.5. The third-order valence-corrected chi connectivity index (χ3v) is 5.87. The van der Waals surface area contributed by atoms with Crippen molar-refractivity contribution in [3.63, 3.8) is 0 Å². The number of anilines is 1. The summed E-state index contributed by atoms with van der Waals surface area (Å²) in [7, 11) is 1.59. The summed E-state index contributed by atoms with van der Waals surface area (Å²) >= 11 is 0. The quantitative estimate of drug-likeness (QED) is 0.280. The van der Waals surface area contributed by atoms with Crippen molar-refractivity contribution < 1.29 is 14.6 Å². The molecule has 1 aliphatic rings. The maximum Gasteiger partial charge on any atom is 0.263 e. The van der Waals surface area contributed by atoms with Crippen molar-refractivity contribution in [2.45, 2.75) is 45.2 Å². The number of aliphatic hydroxyl groups excluding tert-OH is 1. The Morgan fingerprint density at radius 2 is 2.06 bits per heavy atom. The molecule has 0 bridgehead atoms. The third kappa shape index (κ3) is 4.73. The molecule has 1 aliphatic heterocycles. The fourth-order valence-electron chi connectivity index (χ4n) is 4.18. The van der Waals surface area contributed by atoms with Crippen LogP contribution in [0.4, 0.5) is 5.82 Å². The summed E-state index contributed by atoms with van der Waals surface area (Å²) in [5.74, 6) is 0.588. The maximum atomic E-state index is 12.3. The molecule has 0 spiro atoms. The molecule has 186 valence electrons. The van der Waals surface area contributed by atoms with Crippen LogP contribution in [0.5, 0.6) is 0 Å². The molecule has 0 unspecified atom stereocenters. The monoisotopic (exact) mass is 489 g/mol. The summed E-state index contributed by atoms with van der Waals surface area (Å²) in [6.45, 7) is 4.39. The molecule has 1 saturated heterocycles. The first kappa shape index (κ1) is 23.7. The van der Waals surface area contributed by atoms with Crippen LogP contribution in [0.25, 0.3) is 22.6 Å². The smallest absolute Gasteiger partial charge is 0.263 e. The van der Waals surface area contributed by atoms with Gasteiger partial charge in [0.1, 0.15) is 12.2 Å². The third-order valence-electron chi connectivity index (χ3n) is 5.87. The number of carbonyl (C=O) groups is 1. The van der Waals surface area contributed by atoms with Crippen LogP contribution in [0.2, 0.25) is 0 Å². The van der Waals surface area contributed by atoms with Crippen LogP contribution in [0.15, 0.2) is 43.1 Å². The van der Waals surface area contributed by atoms with Crippen LogP contribution in [-0.2, 0) is 16.1 Å². The number of carbonyl (C=O) groups excluding carboxylic acids is 1. The number of aryl methyl sites for hydroxylation is 2. The average molecular weight is 490 g/mol. The Kier molecular flexibility index (Phi) is 6.55. The highest BCUT2D eigenvalue weighted by Gasteiger charge is 2.40. The van der Waals surface area contributed by atoms with Crippen molar-refractivity contribution in [1.82, 2.24) is 40.3 Å². The number of imidazole rings is 1. The van der Waals surface area contributed by atoms with E-state index in [9.17, 15) is 9.90 Å². The molecule has 0 aromatic carbocycles. The van der Waals surface area contributed by atoms with Gasteiger partial charge in [-0.1, -0.05) is 0 Å². The van der Waals surface area contributed by atoms with Gasteiger partial charge in [0, 0.05) is 37.6 Å². The SMILES string of the molecule is CNNC(=O)[C@@H]1C[C@@H](O)[C@H](n2cnc3c(NCc4cc(C)ccn4)nc(-c4cncc(C)c4)nc32)O1. The largest absolute Gasteiger partial charge is 0.388 e. The fourth-order valence-corrected chi connectivity index (χ4v) is 4.18. The number of hydrazine groups is 1. The summed E-state index contributed by atoms with van der Waals surface area (Å²) in [6, 6.07) is 5.88. The van der Waals surface area contributed by atoms with Crippen LogP contribution in [0.3, 0.4) is 0 Å². The zero-order valence-corrected chi connectivity index (χ0v) is 20.1. The van der Waals surface area contributed by atoms with Gasteiger partial charge in [0.15, 0.2) is 29.0 Å². The minimum atomic E-state index is -0.929. The zero-order valence-electron chi connectivity index (χ0n) is 20.1. The zero-order chi connectivity index (χ0) is 25.2. The van der Waals surface area contributed by atoms with Gasteiger partial charge in [-0.3, -0.25) is 24.8 Å². The fraction of sp³-hybridized carbons (Fsp3) is 0.333. The highest BCUT2D eigenvalue weighted by molar-refractivity contribution is 5.85. The molecule has 0 saturated carbocycles. The molecule has 4 aromatic rings. The summed E-state index contributed by atoms with van der Waals surface area (Å²) < 4.78 is 7.54. The van der Waals surface area contributed by atoms with E-state index in [1.54, 1.807) is 36.5 Å². The number of nitrogens with zero attached hydrogens (tertiary/aromatic N) is 6. The van der Waals surface area contributed by atoms with Gasteiger partial charge >= 0.3 is 0 Å². The van der Waals surface area contributed by atoms with Crippen molar-refractivity contribution in [3.8, 4) is 11.4 Å². The van der Waals surface area contributed by atoms with Gasteiger partial charge in [-0.2, -0.15) is 0 Å². The number of hydrogen-bond acceptors (Lipinski definition) is 10. The molecule has 3 atom stereocenters. The van der Waals surface area contributed by atoms with Crippen molar-refractivity contribution >= 4 is 22.9 Å². The Morgan fingerprint density at radius 1 is 1.19 bits per heavy atom. The van der Waals surface area contributed by atoms with E-state index in [0.29, 0.717) is 29.4 Å². The Balaban J connectivity index is 1.54. The van der Waals surface area contributed by atoms with Crippen molar-refractivity contribution in [3.05, 3.63) is 59.9 Å². The number of aliphatic hydroxyl groups is 1. The average Bonchev–Trinajstić information content (AvgIpc) is 3.46. The van der Waals surface area contributed by atoms with Crippen LogP contribution >= 0.6 is 0 Å². The number of hydrogen-bond donors (Lipinski definition) is 4. The molecular weight excluding hydrogens is 462 g/mol. The van der Waals surface area contributed by atoms with Gasteiger partial charge in [-0.05, 0) is 43.2 Å². The molecule has 36 heavy (non-hydrogen) atoms. The van der Waals surface area contributed by atoms with E-state index in [1.807, 2.05) is 32.0 Å². The van der Waals surface area contributed by atoms with Crippen LogP contribution in [-0.4, -0.2) is 59.8 Å². The number of rotatable bonds is 7. The topological polar surface area (TPSA) is 152 Å². The summed E-state index contributed by atoms with van der Waals surface area (Å²) in [4.78, 5) is 34.9. The van der Waals surface area contributed by atoms with E-state index < -0.39 is 18.4 Å². The lowest BCUT2D eigenvalue weighted by Gasteiger charge is -2.17. The van der Waals surface area contributed by atoms with Crippen molar-refractivity contribution in [2.24, 2.45) is 0 Å². The maximum absolute atomic E-state index is 12.3. The molecule has 4 N–H and O–H groups in total. The van der Waals surface area contributed by atoms with E-state index in [4.69, 9.17) is 14.7 Å². The molecule has 4 aromatic heterocycles. The van der Waals surface area contributed by atoms with E-state index in [-0.39, 0.29) is 12.3 Å². The molecule has 5 rings (SSSR count). The second-order valence-electron chi connectivity index (χ2n) is 8.71. The van der Waals surface area contributed by atoms with E-state index in [1.165, 1.54) is 0 Å². The number of fused-ring (bicyclic) bond motifs is 1. The van der Waals surface area contributed by atoms with Crippen LogP contribution in [0.1, 0.15) is 29.5 Å². The first-order valence-corrected chi connectivity index (χ1v) is 11.5. The minimum absolute atomic E-state index is 0.141. The molecule has 1 amide bonds. The Bertz CT molecular complexity index is 1410. The standard InChI is InChI=1S/C24H27N9O3/c1-13-4-5-27-16(7-13)11-28-21-19-22(31-20(30-21)15-6-14(2)9-26-10-15)33(12-29-19)24-17(34)8-18(36-24)23(35)32-25-3/h4-7,9-10,12,17-18,24-25,34H,8,11H2,1-3H3,(H,32,35)(H,28,30,31)/t17-,18+,24-/m1/s1. The molecule has 0 aliphatic carbocycles. The lowest BCUT2D eigenvalue weighted by Crippen LogP contribution is -2.41. The van der Waals surface area contributed by atoms with E-state index in [0.717, 1.165) is 22.4 Å². The summed E-state index contributed by atoms with van der Waals surface area (Å²) in [6.07, 6.45) is 4.31. The van der Waals surface area contributed by atoms with Gasteiger partial charge in [0.05, 0.1) is 18.6 Å². The minimum Gasteiger partial charge on any atom is -0.388 e. The van der Waals surface area contributed by atoms with Gasteiger partial charge in [0.25, 0.3) is 5.91 Å². The molecule has 0 radical (unpaired) electrons. The predicted octanol–water partition coefficient (Wildman–Crippen LogP) is 1.41. The van der Waals surface area contributed by atoms with Gasteiger partial charge < -0.3 is 15.2 Å². The van der Waals surface area contributed by atoms with Crippen LogP contribution < -0.4 is 16.2 Å². The predicted molar refractivity (Wildman–Crippen MR) is 131 cm³/mol. The highest BCUT2D eigenvalue weighted by atomic mass is 16.5. The highest BCUT2D eigenvalue weighted by Crippen LogP contribution is 2.33. The number of ether oxygens (including phenoxy) is 1. The van der Waals surface area contributed by atoms with Crippen molar-refractivity contribution in [2.75, 3.05) is 12.4 Å². The number of amides is 1.